The van der Waals surface area contributed by atoms with Crippen molar-refractivity contribution in [3.63, 3.8) is 0 Å². The van der Waals surface area contributed by atoms with E-state index < -0.39 is 0 Å². The fourth-order valence-corrected chi connectivity index (χ4v) is 4.34. The van der Waals surface area contributed by atoms with Crippen molar-refractivity contribution in [3.05, 3.63) is 23.8 Å². The Kier molecular flexibility index (Phi) is 5.02. The summed E-state index contributed by atoms with van der Waals surface area (Å²) in [5.74, 6) is 0.456. The first kappa shape index (κ1) is 17.6. The molecule has 0 spiro atoms. The van der Waals surface area contributed by atoms with Crippen LogP contribution >= 0.6 is 0 Å². The third kappa shape index (κ3) is 3.52. The smallest absolute Gasteiger partial charge is 0.274 e. The standard InChI is InChI=1S/C20H28N4O2/c1-14-10-22-18(11-21-14)20(26)24-12-16(13-24)19(25)15-4-3-8-23(9-7-15)17-5-2-6-17/h10-11,15-17H,2-9,12-13H2,1H3. The minimum absolute atomic E-state index is 0.0117. The summed E-state index contributed by atoms with van der Waals surface area (Å²) >= 11 is 0. The van der Waals surface area contributed by atoms with Gasteiger partial charge in [-0.15, -0.1) is 0 Å². The SMILES string of the molecule is Cc1cnc(C(=O)N2CC(C(=O)C3CCCN(C4CCC4)CC3)C2)cn1. The van der Waals surface area contributed by atoms with Crippen molar-refractivity contribution in [2.75, 3.05) is 26.2 Å². The van der Waals surface area contributed by atoms with Crippen molar-refractivity contribution in [2.45, 2.75) is 51.5 Å². The zero-order chi connectivity index (χ0) is 18.1. The quantitative estimate of drug-likeness (QED) is 0.826. The van der Waals surface area contributed by atoms with E-state index >= 15 is 0 Å². The summed E-state index contributed by atoms with van der Waals surface area (Å²) in [5, 5.41) is 0. The lowest BCUT2D eigenvalue weighted by molar-refractivity contribution is -0.131. The predicted molar refractivity (Wildman–Crippen MR) is 97.7 cm³/mol. The van der Waals surface area contributed by atoms with E-state index in [0.29, 0.717) is 24.6 Å². The van der Waals surface area contributed by atoms with Gasteiger partial charge in [-0.25, -0.2) is 4.98 Å². The molecule has 6 heteroatoms. The van der Waals surface area contributed by atoms with Crippen molar-refractivity contribution >= 4 is 11.7 Å². The molecule has 26 heavy (non-hydrogen) atoms. The molecule has 2 aliphatic heterocycles. The number of amides is 1. The summed E-state index contributed by atoms with van der Waals surface area (Å²) in [5.41, 5.74) is 1.16. The Morgan fingerprint density at radius 2 is 1.77 bits per heavy atom. The van der Waals surface area contributed by atoms with Gasteiger partial charge in [0.05, 0.1) is 17.8 Å². The Bertz CT molecular complexity index is 665. The average molecular weight is 356 g/mol. The van der Waals surface area contributed by atoms with Gasteiger partial charge in [0, 0.05) is 31.2 Å². The molecule has 1 unspecified atom stereocenters. The van der Waals surface area contributed by atoms with Crippen molar-refractivity contribution in [1.82, 2.24) is 19.8 Å². The van der Waals surface area contributed by atoms with Crippen LogP contribution in [-0.2, 0) is 4.79 Å². The van der Waals surface area contributed by atoms with Crippen molar-refractivity contribution < 1.29 is 9.59 Å². The molecule has 3 fully saturated rings. The van der Waals surface area contributed by atoms with E-state index in [4.69, 9.17) is 0 Å². The van der Waals surface area contributed by atoms with Gasteiger partial charge in [0.25, 0.3) is 5.91 Å². The van der Waals surface area contributed by atoms with Gasteiger partial charge in [0.1, 0.15) is 11.5 Å². The number of carbonyl (C=O) groups excluding carboxylic acids is 2. The molecule has 1 aromatic rings. The molecule has 0 radical (unpaired) electrons. The fraction of sp³-hybridized carbons (Fsp3) is 0.700. The van der Waals surface area contributed by atoms with Gasteiger partial charge in [-0.1, -0.05) is 6.42 Å². The normalized spacial score (nSPS) is 25.3. The Labute approximate surface area is 155 Å². The number of rotatable bonds is 4. The van der Waals surface area contributed by atoms with Crippen LogP contribution < -0.4 is 0 Å². The van der Waals surface area contributed by atoms with Crippen LogP contribution in [-0.4, -0.2) is 63.7 Å². The maximum Gasteiger partial charge on any atom is 0.274 e. The molecular formula is C20H28N4O2. The number of ketones is 1. The second-order valence-electron chi connectivity index (χ2n) is 8.10. The molecule has 6 nitrogen and oxygen atoms in total. The molecule has 140 valence electrons. The van der Waals surface area contributed by atoms with Gasteiger partial charge in [-0.05, 0) is 52.1 Å². The lowest BCUT2D eigenvalue weighted by Gasteiger charge is -2.39. The van der Waals surface area contributed by atoms with Crippen LogP contribution in [0.2, 0.25) is 0 Å². The molecule has 1 aliphatic carbocycles. The zero-order valence-electron chi connectivity index (χ0n) is 15.6. The van der Waals surface area contributed by atoms with Crippen LogP contribution in [0, 0.1) is 18.8 Å². The van der Waals surface area contributed by atoms with Crippen LogP contribution in [0.3, 0.4) is 0 Å². The number of hydrogen-bond acceptors (Lipinski definition) is 5. The third-order valence-corrected chi connectivity index (χ3v) is 6.33. The minimum Gasteiger partial charge on any atom is -0.336 e. The summed E-state index contributed by atoms with van der Waals surface area (Å²) < 4.78 is 0. The maximum absolute atomic E-state index is 12.9. The number of aromatic nitrogens is 2. The Balaban J connectivity index is 1.27. The highest BCUT2D eigenvalue weighted by Gasteiger charge is 2.40. The molecule has 1 aromatic heterocycles. The molecule has 4 rings (SSSR count). The first-order valence-corrected chi connectivity index (χ1v) is 9.97. The molecule has 0 N–H and O–H groups in total. The van der Waals surface area contributed by atoms with Gasteiger partial charge in [-0.2, -0.15) is 0 Å². The average Bonchev–Trinajstić information content (AvgIpc) is 2.78. The van der Waals surface area contributed by atoms with E-state index in [1.54, 1.807) is 11.1 Å². The van der Waals surface area contributed by atoms with E-state index in [1.165, 1.54) is 25.5 Å². The number of aryl methyl sites for hydroxylation is 1. The highest BCUT2D eigenvalue weighted by Crippen LogP contribution is 2.31. The molecule has 1 atom stereocenters. The van der Waals surface area contributed by atoms with Crippen LogP contribution in [0.1, 0.15) is 54.7 Å². The number of likely N-dealkylation sites (tertiary alicyclic amines) is 2. The minimum atomic E-state index is -0.112. The maximum atomic E-state index is 12.9. The molecule has 0 bridgehead atoms. The topological polar surface area (TPSA) is 66.4 Å². The molecule has 0 aromatic carbocycles. The van der Waals surface area contributed by atoms with E-state index in [0.717, 1.165) is 44.1 Å². The summed E-state index contributed by atoms with van der Waals surface area (Å²) in [4.78, 5) is 37.9. The van der Waals surface area contributed by atoms with Crippen LogP contribution in [0.15, 0.2) is 12.4 Å². The van der Waals surface area contributed by atoms with Crippen molar-refractivity contribution in [2.24, 2.45) is 11.8 Å². The lowest BCUT2D eigenvalue weighted by Crippen LogP contribution is -2.54. The van der Waals surface area contributed by atoms with Crippen molar-refractivity contribution in [3.8, 4) is 0 Å². The van der Waals surface area contributed by atoms with Crippen LogP contribution in [0.5, 0.6) is 0 Å². The Morgan fingerprint density at radius 3 is 2.42 bits per heavy atom. The molecule has 1 saturated carbocycles. The molecule has 1 amide bonds. The van der Waals surface area contributed by atoms with Gasteiger partial charge < -0.3 is 9.80 Å². The molecular weight excluding hydrogens is 328 g/mol. The highest BCUT2D eigenvalue weighted by atomic mass is 16.2. The molecule has 3 aliphatic rings. The number of nitrogens with zero attached hydrogens (tertiary/aromatic N) is 4. The van der Waals surface area contributed by atoms with Crippen LogP contribution in [0.25, 0.3) is 0 Å². The van der Waals surface area contributed by atoms with Gasteiger partial charge in [0.2, 0.25) is 0 Å². The fourth-order valence-electron chi connectivity index (χ4n) is 4.34. The second kappa shape index (κ2) is 7.43. The predicted octanol–water partition coefficient (Wildman–Crippen LogP) is 2.08. The summed E-state index contributed by atoms with van der Waals surface area (Å²) in [7, 11) is 0. The van der Waals surface area contributed by atoms with Crippen molar-refractivity contribution in [1.29, 1.82) is 0 Å². The Hall–Kier alpha value is -1.82. The summed E-state index contributed by atoms with van der Waals surface area (Å²) in [6.07, 6.45) is 10.3. The number of Topliss-reactive ketones (excluding diaryl/α,β-unsaturated/α-hetero) is 1. The summed E-state index contributed by atoms with van der Waals surface area (Å²) in [6.45, 7) is 5.13. The van der Waals surface area contributed by atoms with E-state index in [1.807, 2.05) is 6.92 Å². The highest BCUT2D eigenvalue weighted by molar-refractivity contribution is 5.94. The van der Waals surface area contributed by atoms with Gasteiger partial charge >= 0.3 is 0 Å². The van der Waals surface area contributed by atoms with Gasteiger partial charge in [-0.3, -0.25) is 14.6 Å². The molecule has 2 saturated heterocycles. The Morgan fingerprint density at radius 1 is 0.962 bits per heavy atom. The zero-order valence-corrected chi connectivity index (χ0v) is 15.6. The number of hydrogen-bond donors (Lipinski definition) is 0. The first-order chi connectivity index (χ1) is 12.6. The summed E-state index contributed by atoms with van der Waals surface area (Å²) in [6, 6.07) is 0.774. The van der Waals surface area contributed by atoms with E-state index in [2.05, 4.69) is 14.9 Å². The largest absolute Gasteiger partial charge is 0.336 e. The second-order valence-corrected chi connectivity index (χ2v) is 8.10. The third-order valence-electron chi connectivity index (χ3n) is 6.33. The van der Waals surface area contributed by atoms with E-state index in [9.17, 15) is 9.59 Å². The monoisotopic (exact) mass is 356 g/mol. The first-order valence-electron chi connectivity index (χ1n) is 9.97. The molecule has 3 heterocycles. The van der Waals surface area contributed by atoms with E-state index in [-0.39, 0.29) is 17.7 Å². The number of carbonyl (C=O) groups is 2. The van der Waals surface area contributed by atoms with Crippen LogP contribution in [0.4, 0.5) is 0 Å². The van der Waals surface area contributed by atoms with Gasteiger partial charge in [0.15, 0.2) is 0 Å². The lowest BCUT2D eigenvalue weighted by atomic mass is 9.83.